The van der Waals surface area contributed by atoms with Crippen molar-refractivity contribution < 1.29 is 23.5 Å². The number of nitrogens with one attached hydrogen (secondary N) is 4. The molecule has 1 aliphatic heterocycles. The first kappa shape index (κ1) is 24.8. The third-order valence-electron chi connectivity index (χ3n) is 4.92. The van der Waals surface area contributed by atoms with Crippen LogP contribution in [0.5, 0.6) is 17.2 Å². The van der Waals surface area contributed by atoms with Gasteiger partial charge < -0.3 is 25.4 Å². The van der Waals surface area contributed by atoms with Gasteiger partial charge in [0.05, 0.1) is 5.56 Å². The zero-order chi connectivity index (χ0) is 25.0. The second kappa shape index (κ2) is 9.94. The van der Waals surface area contributed by atoms with Crippen molar-refractivity contribution in [1.29, 1.82) is 5.41 Å². The van der Waals surface area contributed by atoms with E-state index >= 15 is 0 Å². The van der Waals surface area contributed by atoms with Crippen LogP contribution in [0.1, 0.15) is 54.0 Å². The van der Waals surface area contributed by atoms with E-state index in [4.69, 9.17) is 14.9 Å². The summed E-state index contributed by atoms with van der Waals surface area (Å²) >= 11 is 0. The molecule has 0 saturated carbocycles. The van der Waals surface area contributed by atoms with Gasteiger partial charge in [0.25, 0.3) is 11.8 Å². The fraction of sp³-hybridized carbons (Fsp3) is 0.320. The number of amidine groups is 1. The van der Waals surface area contributed by atoms with Gasteiger partial charge in [-0.05, 0) is 64.2 Å². The van der Waals surface area contributed by atoms with E-state index in [0.29, 0.717) is 17.9 Å². The average Bonchev–Trinajstić information content (AvgIpc) is 3.05. The number of ether oxygens (including phenoxy) is 2. The number of hydrogen-bond acceptors (Lipinski definition) is 6. The van der Waals surface area contributed by atoms with Crippen molar-refractivity contribution in [3.63, 3.8) is 0 Å². The van der Waals surface area contributed by atoms with Gasteiger partial charge in [0.15, 0.2) is 0 Å². The van der Waals surface area contributed by atoms with E-state index < -0.39 is 23.2 Å². The Hall–Kier alpha value is -3.88. The minimum absolute atomic E-state index is 0.0861. The molecule has 0 radical (unpaired) electrons. The van der Waals surface area contributed by atoms with Crippen molar-refractivity contribution in [3.05, 3.63) is 65.1 Å². The molecular formula is C25H29FN4O4. The molecule has 0 bridgehead atoms. The Kier molecular flexibility index (Phi) is 7.24. The predicted octanol–water partition coefficient (Wildman–Crippen LogP) is 3.91. The number of fused-ring (bicyclic) bond motifs is 1. The lowest BCUT2D eigenvalue weighted by atomic mass is 9.99. The standard InChI is InChI=1S/C25H29FN4O4/c1-14(2)29-24(32)17-7-6-16(12-19(17)26)33-20-10-15(23(31)30-22(27)8-9-28-5)11-21-18(20)13-25(3,4)34-21/h6-12,14,28H,13H2,1-5H3,(H,29,32)(H2,27,30,31)/b9-8-. The summed E-state index contributed by atoms with van der Waals surface area (Å²) in [5.41, 5.74) is 0.371. The van der Waals surface area contributed by atoms with E-state index in [1.165, 1.54) is 30.5 Å². The summed E-state index contributed by atoms with van der Waals surface area (Å²) in [4.78, 5) is 24.9. The molecule has 1 aliphatic rings. The monoisotopic (exact) mass is 468 g/mol. The normalized spacial score (nSPS) is 13.9. The van der Waals surface area contributed by atoms with Crippen LogP contribution >= 0.6 is 0 Å². The Bertz CT molecular complexity index is 1160. The molecule has 2 amide bonds. The lowest BCUT2D eigenvalue weighted by Gasteiger charge is -2.16. The zero-order valence-corrected chi connectivity index (χ0v) is 19.8. The summed E-state index contributed by atoms with van der Waals surface area (Å²) in [6, 6.07) is 6.99. The molecule has 4 N–H and O–H groups in total. The van der Waals surface area contributed by atoms with Crippen LogP contribution in [-0.2, 0) is 6.42 Å². The van der Waals surface area contributed by atoms with E-state index in [0.717, 1.165) is 11.6 Å². The minimum atomic E-state index is -0.720. The summed E-state index contributed by atoms with van der Waals surface area (Å²) in [5, 5.41) is 15.7. The fourth-order valence-electron chi connectivity index (χ4n) is 3.48. The molecule has 0 fully saturated rings. The second-order valence-corrected chi connectivity index (χ2v) is 8.85. The van der Waals surface area contributed by atoms with Crippen LogP contribution in [0, 0.1) is 11.2 Å². The SMILES string of the molecule is CN/C=C\C(=N)NC(=O)c1cc(Oc2ccc(C(=O)NC(C)C)c(F)c2)c2c(c1)OC(C)(C)C2. The van der Waals surface area contributed by atoms with Gasteiger partial charge >= 0.3 is 0 Å². The van der Waals surface area contributed by atoms with Gasteiger partial charge in [-0.1, -0.05) is 0 Å². The number of carbonyl (C=O) groups excluding carboxylic acids is 2. The van der Waals surface area contributed by atoms with Crippen molar-refractivity contribution in [3.8, 4) is 17.2 Å². The van der Waals surface area contributed by atoms with E-state index in [1.54, 1.807) is 27.0 Å². The number of carbonyl (C=O) groups is 2. The van der Waals surface area contributed by atoms with Crippen LogP contribution in [0.25, 0.3) is 0 Å². The van der Waals surface area contributed by atoms with Crippen LogP contribution < -0.4 is 25.4 Å². The average molecular weight is 469 g/mol. The number of benzene rings is 2. The summed E-state index contributed by atoms with van der Waals surface area (Å²) in [7, 11) is 1.68. The number of hydrogen-bond donors (Lipinski definition) is 4. The molecule has 1 heterocycles. The Labute approximate surface area is 198 Å². The first-order valence-corrected chi connectivity index (χ1v) is 10.9. The van der Waals surface area contributed by atoms with Gasteiger partial charge in [0, 0.05) is 36.7 Å². The minimum Gasteiger partial charge on any atom is -0.487 e. The predicted molar refractivity (Wildman–Crippen MR) is 127 cm³/mol. The van der Waals surface area contributed by atoms with E-state index in [1.807, 2.05) is 13.8 Å². The van der Waals surface area contributed by atoms with Crippen LogP contribution in [0.15, 0.2) is 42.6 Å². The Morgan fingerprint density at radius 2 is 1.94 bits per heavy atom. The van der Waals surface area contributed by atoms with E-state index in [2.05, 4.69) is 16.0 Å². The Morgan fingerprint density at radius 1 is 1.21 bits per heavy atom. The first-order chi connectivity index (χ1) is 16.0. The molecule has 2 aromatic carbocycles. The van der Waals surface area contributed by atoms with Gasteiger partial charge in [-0.25, -0.2) is 4.39 Å². The van der Waals surface area contributed by atoms with Gasteiger partial charge in [-0.2, -0.15) is 0 Å². The maximum absolute atomic E-state index is 14.6. The molecule has 0 saturated heterocycles. The maximum Gasteiger partial charge on any atom is 0.257 e. The highest BCUT2D eigenvalue weighted by molar-refractivity contribution is 6.09. The number of rotatable bonds is 7. The molecule has 3 rings (SSSR count). The van der Waals surface area contributed by atoms with Crippen LogP contribution in [-0.4, -0.2) is 36.3 Å². The van der Waals surface area contributed by atoms with E-state index in [-0.39, 0.29) is 28.8 Å². The van der Waals surface area contributed by atoms with Gasteiger partial charge in [-0.15, -0.1) is 0 Å². The van der Waals surface area contributed by atoms with Crippen molar-refractivity contribution in [1.82, 2.24) is 16.0 Å². The fourth-order valence-corrected chi connectivity index (χ4v) is 3.48. The maximum atomic E-state index is 14.6. The smallest absolute Gasteiger partial charge is 0.257 e. The molecule has 0 aromatic heterocycles. The van der Waals surface area contributed by atoms with Crippen molar-refractivity contribution in [2.45, 2.75) is 45.8 Å². The summed E-state index contributed by atoms with van der Waals surface area (Å²) < 4.78 is 26.6. The summed E-state index contributed by atoms with van der Waals surface area (Å²) in [6.07, 6.45) is 3.45. The van der Waals surface area contributed by atoms with Crippen molar-refractivity contribution in [2.75, 3.05) is 7.05 Å². The zero-order valence-electron chi connectivity index (χ0n) is 19.8. The topological polar surface area (TPSA) is 113 Å². The molecule has 0 spiro atoms. The molecule has 0 unspecified atom stereocenters. The molecule has 0 atom stereocenters. The lowest BCUT2D eigenvalue weighted by Crippen LogP contribution is -2.30. The second-order valence-electron chi connectivity index (χ2n) is 8.85. The van der Waals surface area contributed by atoms with Crippen LogP contribution in [0.4, 0.5) is 4.39 Å². The quantitative estimate of drug-likeness (QED) is 0.364. The van der Waals surface area contributed by atoms with Gasteiger partial charge in [-0.3, -0.25) is 15.0 Å². The third-order valence-corrected chi connectivity index (χ3v) is 4.92. The first-order valence-electron chi connectivity index (χ1n) is 10.9. The summed E-state index contributed by atoms with van der Waals surface area (Å²) in [5.74, 6) is -0.846. The number of amides is 2. The van der Waals surface area contributed by atoms with Crippen LogP contribution in [0.3, 0.4) is 0 Å². The lowest BCUT2D eigenvalue weighted by molar-refractivity contribution is 0.0937. The molecular weight excluding hydrogens is 439 g/mol. The molecule has 2 aromatic rings. The molecule has 34 heavy (non-hydrogen) atoms. The third kappa shape index (κ3) is 5.92. The molecule has 0 aliphatic carbocycles. The van der Waals surface area contributed by atoms with Crippen molar-refractivity contribution >= 4 is 17.6 Å². The molecule has 9 heteroatoms. The Morgan fingerprint density at radius 3 is 2.59 bits per heavy atom. The Balaban J connectivity index is 1.91. The highest BCUT2D eigenvalue weighted by Gasteiger charge is 2.34. The largest absolute Gasteiger partial charge is 0.487 e. The number of halogens is 1. The summed E-state index contributed by atoms with van der Waals surface area (Å²) in [6.45, 7) is 7.41. The highest BCUT2D eigenvalue weighted by atomic mass is 19.1. The molecule has 180 valence electrons. The van der Waals surface area contributed by atoms with Gasteiger partial charge in [0.1, 0.15) is 34.5 Å². The van der Waals surface area contributed by atoms with Crippen LogP contribution in [0.2, 0.25) is 0 Å². The van der Waals surface area contributed by atoms with Gasteiger partial charge in [0.2, 0.25) is 0 Å². The van der Waals surface area contributed by atoms with Crippen molar-refractivity contribution in [2.24, 2.45) is 0 Å². The molecule has 8 nitrogen and oxygen atoms in total. The van der Waals surface area contributed by atoms with E-state index in [9.17, 15) is 14.0 Å². The highest BCUT2D eigenvalue weighted by Crippen LogP contribution is 2.43.